The molecular formula is C21H26N4O3. The first-order valence-electron chi connectivity index (χ1n) is 9.91. The highest BCUT2D eigenvalue weighted by molar-refractivity contribution is 5.79. The normalized spacial score (nSPS) is 22.2. The van der Waals surface area contributed by atoms with Gasteiger partial charge >= 0.3 is 0 Å². The van der Waals surface area contributed by atoms with Gasteiger partial charge < -0.3 is 14.5 Å². The summed E-state index contributed by atoms with van der Waals surface area (Å²) in [6.07, 6.45) is 6.07. The summed E-state index contributed by atoms with van der Waals surface area (Å²) >= 11 is 0. The zero-order chi connectivity index (χ0) is 19.3. The van der Waals surface area contributed by atoms with Gasteiger partial charge in [0.05, 0.1) is 31.4 Å². The maximum absolute atomic E-state index is 12.7. The number of hydrogen-bond donors (Lipinski definition) is 1. The summed E-state index contributed by atoms with van der Waals surface area (Å²) in [5.74, 6) is 0.234. The van der Waals surface area contributed by atoms with Crippen LogP contribution in [0.25, 0.3) is 0 Å². The van der Waals surface area contributed by atoms with E-state index in [9.17, 15) is 9.59 Å². The van der Waals surface area contributed by atoms with Crippen LogP contribution >= 0.6 is 0 Å². The number of aryl methyl sites for hydroxylation is 1. The topological polar surface area (TPSA) is 78.5 Å². The first-order chi connectivity index (χ1) is 13.7. The summed E-state index contributed by atoms with van der Waals surface area (Å²) in [4.78, 5) is 29.1. The van der Waals surface area contributed by atoms with Gasteiger partial charge in [0.15, 0.2) is 0 Å². The van der Waals surface area contributed by atoms with Crippen LogP contribution in [0.2, 0.25) is 0 Å². The van der Waals surface area contributed by atoms with E-state index in [1.54, 1.807) is 6.20 Å². The van der Waals surface area contributed by atoms with E-state index in [2.05, 4.69) is 10.2 Å². The highest BCUT2D eigenvalue weighted by Crippen LogP contribution is 2.25. The lowest BCUT2D eigenvalue weighted by Crippen LogP contribution is -2.45. The number of carbonyl (C=O) groups excluding carboxylic acids is 2. The third-order valence-corrected chi connectivity index (χ3v) is 5.56. The van der Waals surface area contributed by atoms with Crippen molar-refractivity contribution in [3.05, 3.63) is 53.9 Å². The fraction of sp³-hybridized carbons (Fsp3) is 0.476. The second kappa shape index (κ2) is 8.56. The number of H-pyrrole nitrogens is 1. The molecule has 0 radical (unpaired) electrons. The van der Waals surface area contributed by atoms with Crippen LogP contribution in [-0.4, -0.2) is 63.7 Å². The maximum Gasteiger partial charge on any atom is 0.225 e. The summed E-state index contributed by atoms with van der Waals surface area (Å²) in [5, 5.41) is 6.72. The van der Waals surface area contributed by atoms with E-state index < -0.39 is 0 Å². The van der Waals surface area contributed by atoms with Crippen LogP contribution in [0.4, 0.5) is 0 Å². The van der Waals surface area contributed by atoms with Crippen molar-refractivity contribution >= 4 is 11.8 Å². The second-order valence-electron chi connectivity index (χ2n) is 7.49. The number of benzene rings is 1. The van der Waals surface area contributed by atoms with Crippen LogP contribution in [0.15, 0.2) is 42.7 Å². The highest BCUT2D eigenvalue weighted by atomic mass is 16.5. The van der Waals surface area contributed by atoms with E-state index in [0.717, 1.165) is 24.0 Å². The predicted molar refractivity (Wildman–Crippen MR) is 103 cm³/mol. The van der Waals surface area contributed by atoms with Crippen LogP contribution in [0.1, 0.15) is 30.4 Å². The Labute approximate surface area is 164 Å². The van der Waals surface area contributed by atoms with E-state index in [4.69, 9.17) is 4.74 Å². The Morgan fingerprint density at radius 2 is 2.07 bits per heavy atom. The standard InChI is InChI=1S/C21H26N4O3/c26-20(8-4-7-17-11-22-23-12-17)24-14-18-19(15-24)28-10-9-21(27)25(18)13-16-5-2-1-3-6-16/h1-3,5-6,11-12,18-19H,4,7-10,13-15H2,(H,22,23)/t18-,19-/m0/s1. The number of amides is 2. The largest absolute Gasteiger partial charge is 0.374 e. The van der Waals surface area contributed by atoms with Crippen molar-refractivity contribution in [3.63, 3.8) is 0 Å². The Bertz CT molecular complexity index is 793. The van der Waals surface area contributed by atoms with Gasteiger partial charge in [-0.05, 0) is 24.0 Å². The zero-order valence-corrected chi connectivity index (χ0v) is 15.9. The minimum absolute atomic E-state index is 0.0759. The van der Waals surface area contributed by atoms with Crippen molar-refractivity contribution in [1.29, 1.82) is 0 Å². The first kappa shape index (κ1) is 18.7. The molecule has 0 unspecified atom stereocenters. The number of aromatic amines is 1. The Morgan fingerprint density at radius 1 is 1.21 bits per heavy atom. The molecule has 0 spiro atoms. The van der Waals surface area contributed by atoms with Gasteiger partial charge in [0, 0.05) is 32.3 Å². The van der Waals surface area contributed by atoms with Crippen LogP contribution in [0.5, 0.6) is 0 Å². The van der Waals surface area contributed by atoms with Crippen LogP contribution in [0, 0.1) is 0 Å². The summed E-state index contributed by atoms with van der Waals surface area (Å²) in [5.41, 5.74) is 2.21. The van der Waals surface area contributed by atoms with Gasteiger partial charge in [-0.25, -0.2) is 0 Å². The lowest BCUT2D eigenvalue weighted by Gasteiger charge is -2.29. The van der Waals surface area contributed by atoms with Gasteiger partial charge in [0.2, 0.25) is 11.8 Å². The van der Waals surface area contributed by atoms with Gasteiger partial charge in [-0.2, -0.15) is 5.10 Å². The second-order valence-corrected chi connectivity index (χ2v) is 7.49. The molecule has 1 N–H and O–H groups in total. The van der Waals surface area contributed by atoms with Crippen molar-refractivity contribution in [2.45, 2.75) is 44.4 Å². The van der Waals surface area contributed by atoms with E-state index >= 15 is 0 Å². The summed E-state index contributed by atoms with van der Waals surface area (Å²) < 4.78 is 5.94. The van der Waals surface area contributed by atoms with Gasteiger partial charge in [-0.3, -0.25) is 14.7 Å². The molecule has 1 aromatic carbocycles. The molecule has 3 heterocycles. The lowest BCUT2D eigenvalue weighted by molar-refractivity contribution is -0.135. The molecule has 28 heavy (non-hydrogen) atoms. The maximum atomic E-state index is 12.7. The molecule has 2 saturated heterocycles. The van der Waals surface area contributed by atoms with Gasteiger partial charge in [0.25, 0.3) is 0 Å². The monoisotopic (exact) mass is 382 g/mol. The fourth-order valence-electron chi connectivity index (χ4n) is 4.05. The number of hydrogen-bond acceptors (Lipinski definition) is 4. The summed E-state index contributed by atoms with van der Waals surface area (Å²) in [6, 6.07) is 9.92. The van der Waals surface area contributed by atoms with Crippen LogP contribution < -0.4 is 0 Å². The van der Waals surface area contributed by atoms with Crippen molar-refractivity contribution in [1.82, 2.24) is 20.0 Å². The SMILES string of the molecule is O=C(CCCc1cn[nH]c1)N1C[C@@H]2OCCC(=O)N(Cc3ccccc3)[C@H]2C1. The molecule has 0 saturated carbocycles. The third-order valence-electron chi connectivity index (χ3n) is 5.56. The molecule has 2 aliphatic heterocycles. The molecule has 0 aliphatic carbocycles. The third kappa shape index (κ3) is 4.25. The van der Waals surface area contributed by atoms with Gasteiger partial charge in [-0.15, -0.1) is 0 Å². The average Bonchev–Trinajstić information content (AvgIpc) is 3.34. The summed E-state index contributed by atoms with van der Waals surface area (Å²) in [6.45, 7) is 2.10. The Balaban J connectivity index is 1.38. The quantitative estimate of drug-likeness (QED) is 0.826. The van der Waals surface area contributed by atoms with Crippen molar-refractivity contribution in [2.75, 3.05) is 19.7 Å². The molecule has 2 amide bonds. The average molecular weight is 382 g/mol. The van der Waals surface area contributed by atoms with E-state index in [0.29, 0.717) is 39.1 Å². The Hall–Kier alpha value is -2.67. The number of carbonyl (C=O) groups is 2. The minimum atomic E-state index is -0.104. The molecule has 4 rings (SSSR count). The summed E-state index contributed by atoms with van der Waals surface area (Å²) in [7, 11) is 0. The number of nitrogens with one attached hydrogen (secondary N) is 1. The molecule has 2 aromatic rings. The van der Waals surface area contributed by atoms with E-state index in [1.165, 1.54) is 0 Å². The molecule has 2 aliphatic rings. The Kier molecular flexibility index (Phi) is 5.71. The number of ether oxygens (including phenoxy) is 1. The molecule has 1 aromatic heterocycles. The lowest BCUT2D eigenvalue weighted by atomic mass is 10.1. The van der Waals surface area contributed by atoms with E-state index in [1.807, 2.05) is 46.3 Å². The number of nitrogens with zero attached hydrogens (tertiary/aromatic N) is 3. The van der Waals surface area contributed by atoms with Gasteiger partial charge in [0.1, 0.15) is 0 Å². The number of fused-ring (bicyclic) bond motifs is 1. The molecule has 2 atom stereocenters. The van der Waals surface area contributed by atoms with E-state index in [-0.39, 0.29) is 24.0 Å². The first-order valence-corrected chi connectivity index (χ1v) is 9.91. The number of aromatic nitrogens is 2. The smallest absolute Gasteiger partial charge is 0.225 e. The van der Waals surface area contributed by atoms with Crippen LogP contribution in [-0.2, 0) is 27.3 Å². The molecule has 0 bridgehead atoms. The predicted octanol–water partition coefficient (Wildman–Crippen LogP) is 1.76. The highest BCUT2D eigenvalue weighted by Gasteiger charge is 2.42. The molecule has 7 nitrogen and oxygen atoms in total. The molecule has 2 fully saturated rings. The Morgan fingerprint density at radius 3 is 2.86 bits per heavy atom. The van der Waals surface area contributed by atoms with Crippen LogP contribution in [0.3, 0.4) is 0 Å². The fourth-order valence-corrected chi connectivity index (χ4v) is 4.05. The van der Waals surface area contributed by atoms with Crippen molar-refractivity contribution in [3.8, 4) is 0 Å². The van der Waals surface area contributed by atoms with Crippen molar-refractivity contribution in [2.24, 2.45) is 0 Å². The molecule has 7 heteroatoms. The van der Waals surface area contributed by atoms with Crippen molar-refractivity contribution < 1.29 is 14.3 Å². The number of likely N-dealkylation sites (tertiary alicyclic amines) is 1. The molecular weight excluding hydrogens is 356 g/mol. The molecule has 148 valence electrons. The van der Waals surface area contributed by atoms with Gasteiger partial charge in [-0.1, -0.05) is 30.3 Å². The minimum Gasteiger partial charge on any atom is -0.374 e. The number of rotatable bonds is 6. The zero-order valence-electron chi connectivity index (χ0n) is 15.9.